The molecule has 0 radical (unpaired) electrons. The van der Waals surface area contributed by atoms with Crippen LogP contribution in [-0.2, 0) is 14.3 Å². The van der Waals surface area contributed by atoms with Gasteiger partial charge in [-0.1, -0.05) is 6.07 Å². The first-order valence-corrected chi connectivity index (χ1v) is 9.36. The lowest BCUT2D eigenvalue weighted by Crippen LogP contribution is -2.41. The first-order valence-electron chi connectivity index (χ1n) is 8.63. The highest BCUT2D eigenvalue weighted by atomic mass is 32.1. The lowest BCUT2D eigenvalue weighted by molar-refractivity contribution is -0.135. The Morgan fingerprint density at radius 2 is 2.19 bits per heavy atom. The van der Waals surface area contributed by atoms with Gasteiger partial charge in [-0.15, -0.1) is 0 Å². The van der Waals surface area contributed by atoms with Crippen LogP contribution in [0.1, 0.15) is 37.7 Å². The molecule has 2 atom stereocenters. The normalized spacial score (nSPS) is 23.9. The molecule has 0 bridgehead atoms. The number of carboxylic acid groups (broad SMARTS) is 1. The number of amides is 1. The fourth-order valence-corrected chi connectivity index (χ4v) is 4.32. The van der Waals surface area contributed by atoms with Crippen LogP contribution in [0.3, 0.4) is 0 Å². The topological polar surface area (TPSA) is 92.6 Å². The van der Waals surface area contributed by atoms with Crippen molar-refractivity contribution in [3.05, 3.63) is 35.0 Å². The van der Waals surface area contributed by atoms with Crippen LogP contribution in [0.25, 0.3) is 11.0 Å². The summed E-state index contributed by atoms with van der Waals surface area (Å²) in [5.41, 5.74) is 3.06. The summed E-state index contributed by atoms with van der Waals surface area (Å²) in [5.74, 6) is -1.54. The number of carbonyl (C=O) groups excluding carboxylic acids is 1. The maximum atomic E-state index is 12.8. The molecule has 7 nitrogen and oxygen atoms in total. The van der Waals surface area contributed by atoms with Crippen molar-refractivity contribution in [2.24, 2.45) is 0 Å². The standard InChI is InChI=1S/C18H19N3O4S/c1-10-17(18(23)24)13(11-4-5-14-15(7-11)20-26-19-14)8-16(22)21(10)9-12-3-2-6-25-12/h4-5,7,12-13H,2-3,6,8-9H2,1H3,(H,23,24)/t12-,13+/m0/s1. The number of benzene rings is 1. The van der Waals surface area contributed by atoms with Crippen molar-refractivity contribution in [2.45, 2.75) is 38.2 Å². The van der Waals surface area contributed by atoms with Crippen molar-refractivity contribution in [1.29, 1.82) is 0 Å². The van der Waals surface area contributed by atoms with E-state index in [2.05, 4.69) is 8.75 Å². The lowest BCUT2D eigenvalue weighted by atomic mass is 9.83. The summed E-state index contributed by atoms with van der Waals surface area (Å²) in [7, 11) is 0. The van der Waals surface area contributed by atoms with Crippen LogP contribution in [0.15, 0.2) is 29.5 Å². The molecular formula is C18H19N3O4S. The third-order valence-corrected chi connectivity index (χ3v) is 5.70. The average Bonchev–Trinajstić information content (AvgIpc) is 3.28. The van der Waals surface area contributed by atoms with Crippen LogP contribution < -0.4 is 0 Å². The second-order valence-electron chi connectivity index (χ2n) is 6.71. The van der Waals surface area contributed by atoms with Gasteiger partial charge in [0.1, 0.15) is 11.0 Å². The van der Waals surface area contributed by atoms with Gasteiger partial charge >= 0.3 is 5.97 Å². The molecule has 1 saturated heterocycles. The summed E-state index contributed by atoms with van der Waals surface area (Å²) in [6, 6.07) is 5.50. The predicted octanol–water partition coefficient (Wildman–Crippen LogP) is 2.54. The molecule has 1 aromatic carbocycles. The molecule has 1 amide bonds. The summed E-state index contributed by atoms with van der Waals surface area (Å²) >= 11 is 1.12. The fraction of sp³-hybridized carbons (Fsp3) is 0.444. The van der Waals surface area contributed by atoms with Crippen molar-refractivity contribution < 1.29 is 19.4 Å². The lowest BCUT2D eigenvalue weighted by Gasteiger charge is -2.35. The molecule has 0 unspecified atom stereocenters. The van der Waals surface area contributed by atoms with Crippen molar-refractivity contribution >= 4 is 34.6 Å². The number of nitrogens with zero attached hydrogens (tertiary/aromatic N) is 3. The zero-order valence-corrected chi connectivity index (χ0v) is 15.2. The van der Waals surface area contributed by atoms with Gasteiger partial charge in [0.2, 0.25) is 5.91 Å². The molecule has 0 spiro atoms. The third kappa shape index (κ3) is 2.99. The van der Waals surface area contributed by atoms with Gasteiger partial charge in [-0.3, -0.25) is 4.79 Å². The predicted molar refractivity (Wildman–Crippen MR) is 95.8 cm³/mol. The van der Waals surface area contributed by atoms with Gasteiger partial charge in [0.05, 0.1) is 30.0 Å². The van der Waals surface area contributed by atoms with Crippen molar-refractivity contribution in [1.82, 2.24) is 13.6 Å². The Labute approximate surface area is 154 Å². The van der Waals surface area contributed by atoms with Crippen LogP contribution in [0, 0.1) is 0 Å². The molecule has 0 aliphatic carbocycles. The molecule has 8 heteroatoms. The second kappa shape index (κ2) is 6.77. The third-order valence-electron chi connectivity index (χ3n) is 5.14. The Bertz CT molecular complexity index is 901. The van der Waals surface area contributed by atoms with Crippen molar-refractivity contribution in [3.63, 3.8) is 0 Å². The highest BCUT2D eigenvalue weighted by Gasteiger charge is 2.37. The summed E-state index contributed by atoms with van der Waals surface area (Å²) in [6.07, 6.45) is 1.99. The first kappa shape index (κ1) is 17.1. The number of hydrogen-bond acceptors (Lipinski definition) is 6. The Kier molecular flexibility index (Phi) is 4.46. The maximum absolute atomic E-state index is 12.8. The molecule has 1 aromatic heterocycles. The smallest absolute Gasteiger partial charge is 0.333 e. The van der Waals surface area contributed by atoms with E-state index in [-0.39, 0.29) is 24.0 Å². The van der Waals surface area contributed by atoms with Crippen LogP contribution >= 0.6 is 11.7 Å². The van der Waals surface area contributed by atoms with E-state index in [9.17, 15) is 14.7 Å². The zero-order valence-electron chi connectivity index (χ0n) is 14.3. The number of allylic oxidation sites excluding steroid dienone is 1. The van der Waals surface area contributed by atoms with E-state index in [0.717, 1.165) is 41.2 Å². The first-order chi connectivity index (χ1) is 12.5. The molecule has 2 aromatic rings. The van der Waals surface area contributed by atoms with Crippen LogP contribution in [0.4, 0.5) is 0 Å². The summed E-state index contributed by atoms with van der Waals surface area (Å²) < 4.78 is 14.0. The SMILES string of the molecule is CC1=C(C(=O)O)[C@@H](c2ccc3nsnc3c2)CC(=O)N1C[C@@H]1CCCO1. The number of aromatic nitrogens is 2. The maximum Gasteiger partial charge on any atom is 0.333 e. The summed E-state index contributed by atoms with van der Waals surface area (Å²) in [5, 5.41) is 9.83. The van der Waals surface area contributed by atoms with Gasteiger partial charge in [0, 0.05) is 24.6 Å². The van der Waals surface area contributed by atoms with Gasteiger partial charge in [-0.25, -0.2) is 4.79 Å². The van der Waals surface area contributed by atoms with E-state index in [1.807, 2.05) is 18.2 Å². The molecule has 3 heterocycles. The van der Waals surface area contributed by atoms with E-state index in [1.165, 1.54) is 0 Å². The highest BCUT2D eigenvalue weighted by Crippen LogP contribution is 2.37. The van der Waals surface area contributed by atoms with Gasteiger partial charge < -0.3 is 14.7 Å². The number of rotatable bonds is 4. The number of carboxylic acids is 1. The monoisotopic (exact) mass is 373 g/mol. The molecule has 4 rings (SSSR count). The van der Waals surface area contributed by atoms with Crippen molar-refractivity contribution in [2.75, 3.05) is 13.2 Å². The molecule has 136 valence electrons. The Hall–Kier alpha value is -2.32. The average molecular weight is 373 g/mol. The molecule has 2 aliphatic rings. The minimum absolute atomic E-state index is 0.0158. The Morgan fingerprint density at radius 1 is 1.38 bits per heavy atom. The highest BCUT2D eigenvalue weighted by molar-refractivity contribution is 7.00. The minimum Gasteiger partial charge on any atom is -0.478 e. The van der Waals surface area contributed by atoms with E-state index in [0.29, 0.717) is 18.8 Å². The number of aliphatic carboxylic acids is 1. The second-order valence-corrected chi connectivity index (χ2v) is 7.24. The molecule has 2 aliphatic heterocycles. The number of carbonyl (C=O) groups is 2. The number of hydrogen-bond donors (Lipinski definition) is 1. The van der Waals surface area contributed by atoms with Gasteiger partial charge in [0.25, 0.3) is 0 Å². The van der Waals surface area contributed by atoms with E-state index in [4.69, 9.17) is 4.74 Å². The Morgan fingerprint density at radius 3 is 2.92 bits per heavy atom. The van der Waals surface area contributed by atoms with E-state index in [1.54, 1.807) is 11.8 Å². The zero-order chi connectivity index (χ0) is 18.3. The van der Waals surface area contributed by atoms with Crippen LogP contribution in [0.5, 0.6) is 0 Å². The van der Waals surface area contributed by atoms with Gasteiger partial charge in [0.15, 0.2) is 0 Å². The minimum atomic E-state index is -0.992. The molecule has 0 saturated carbocycles. The Balaban J connectivity index is 1.71. The van der Waals surface area contributed by atoms with E-state index >= 15 is 0 Å². The van der Waals surface area contributed by atoms with Crippen LogP contribution in [-0.4, -0.2) is 49.9 Å². The number of ether oxygens (including phenoxy) is 1. The van der Waals surface area contributed by atoms with Gasteiger partial charge in [-0.2, -0.15) is 8.75 Å². The quantitative estimate of drug-likeness (QED) is 0.885. The molecule has 26 heavy (non-hydrogen) atoms. The largest absolute Gasteiger partial charge is 0.478 e. The molecular weight excluding hydrogens is 354 g/mol. The summed E-state index contributed by atoms with van der Waals surface area (Å²) in [6.45, 7) is 2.83. The van der Waals surface area contributed by atoms with Gasteiger partial charge in [-0.05, 0) is 37.5 Å². The summed E-state index contributed by atoms with van der Waals surface area (Å²) in [4.78, 5) is 26.4. The van der Waals surface area contributed by atoms with Crippen LogP contribution in [0.2, 0.25) is 0 Å². The molecule has 1 fully saturated rings. The molecule has 1 N–H and O–H groups in total. The number of fused-ring (bicyclic) bond motifs is 1. The van der Waals surface area contributed by atoms with Crippen molar-refractivity contribution in [3.8, 4) is 0 Å². The van der Waals surface area contributed by atoms with E-state index < -0.39 is 11.9 Å². The fourth-order valence-electron chi connectivity index (χ4n) is 3.81.